The van der Waals surface area contributed by atoms with Crippen LogP contribution in [0.25, 0.3) is 0 Å². The predicted octanol–water partition coefficient (Wildman–Crippen LogP) is 3.51. The number of hydrogen-bond acceptors (Lipinski definition) is 4. The SMILES string of the molecule is CCS[C@@H](C)C[C@H]1CC(=O)c2nc(CC)oc2C1. The number of aryl methyl sites for hydroxylation is 1. The molecule has 0 bridgehead atoms. The van der Waals surface area contributed by atoms with Crippen LogP contribution in [0, 0.1) is 5.92 Å². The molecule has 0 radical (unpaired) electrons. The van der Waals surface area contributed by atoms with Crippen LogP contribution in [0.1, 0.15) is 55.8 Å². The van der Waals surface area contributed by atoms with Gasteiger partial charge in [0.05, 0.1) is 0 Å². The smallest absolute Gasteiger partial charge is 0.194 e. The molecule has 1 aromatic rings. The van der Waals surface area contributed by atoms with Crippen LogP contribution < -0.4 is 0 Å². The summed E-state index contributed by atoms with van der Waals surface area (Å²) in [5.41, 5.74) is 0.596. The van der Waals surface area contributed by atoms with E-state index in [4.69, 9.17) is 4.42 Å². The number of fused-ring (bicyclic) bond motifs is 1. The standard InChI is InChI=1S/C14H21NO2S/c1-4-13-15-14-11(16)7-10(8-12(14)17-13)6-9(3)18-5-2/h9-10H,4-8H2,1-3H3/t9-,10-/m0/s1. The minimum Gasteiger partial charge on any atom is -0.445 e. The first-order chi connectivity index (χ1) is 8.63. The van der Waals surface area contributed by atoms with Crippen molar-refractivity contribution in [2.24, 2.45) is 5.92 Å². The number of nitrogens with zero attached hydrogens (tertiary/aromatic N) is 1. The van der Waals surface area contributed by atoms with E-state index in [0.29, 0.717) is 29.2 Å². The molecule has 18 heavy (non-hydrogen) atoms. The van der Waals surface area contributed by atoms with Crippen molar-refractivity contribution in [3.8, 4) is 0 Å². The van der Waals surface area contributed by atoms with Gasteiger partial charge in [-0.3, -0.25) is 4.79 Å². The molecular weight excluding hydrogens is 246 g/mol. The van der Waals surface area contributed by atoms with Gasteiger partial charge in [-0.15, -0.1) is 0 Å². The van der Waals surface area contributed by atoms with Gasteiger partial charge in [-0.25, -0.2) is 4.98 Å². The Morgan fingerprint density at radius 3 is 2.89 bits per heavy atom. The molecule has 2 rings (SSSR count). The van der Waals surface area contributed by atoms with Gasteiger partial charge in [0.1, 0.15) is 11.5 Å². The highest BCUT2D eigenvalue weighted by Gasteiger charge is 2.30. The molecule has 0 saturated heterocycles. The fourth-order valence-corrected chi connectivity index (χ4v) is 3.57. The molecule has 0 fully saturated rings. The highest BCUT2D eigenvalue weighted by Crippen LogP contribution is 2.31. The van der Waals surface area contributed by atoms with Gasteiger partial charge in [-0.05, 0) is 18.1 Å². The third kappa shape index (κ3) is 2.97. The predicted molar refractivity (Wildman–Crippen MR) is 74.2 cm³/mol. The van der Waals surface area contributed by atoms with Crippen LogP contribution in [0.5, 0.6) is 0 Å². The number of aromatic nitrogens is 1. The van der Waals surface area contributed by atoms with Crippen molar-refractivity contribution in [3.63, 3.8) is 0 Å². The van der Waals surface area contributed by atoms with Gasteiger partial charge in [0.25, 0.3) is 0 Å². The number of carbonyl (C=O) groups excluding carboxylic acids is 1. The Morgan fingerprint density at radius 2 is 2.22 bits per heavy atom. The monoisotopic (exact) mass is 267 g/mol. The second-order valence-electron chi connectivity index (χ2n) is 4.93. The average Bonchev–Trinajstić information content (AvgIpc) is 2.72. The molecule has 0 unspecified atom stereocenters. The van der Waals surface area contributed by atoms with Gasteiger partial charge in [0.2, 0.25) is 0 Å². The first kappa shape index (κ1) is 13.7. The minimum absolute atomic E-state index is 0.165. The summed E-state index contributed by atoms with van der Waals surface area (Å²) < 4.78 is 5.66. The van der Waals surface area contributed by atoms with Crippen molar-refractivity contribution >= 4 is 17.5 Å². The van der Waals surface area contributed by atoms with Crippen LogP contribution in [-0.4, -0.2) is 21.8 Å². The van der Waals surface area contributed by atoms with Gasteiger partial charge in [-0.1, -0.05) is 20.8 Å². The topological polar surface area (TPSA) is 43.1 Å². The Morgan fingerprint density at radius 1 is 1.44 bits per heavy atom. The zero-order chi connectivity index (χ0) is 13.1. The maximum atomic E-state index is 12.0. The maximum Gasteiger partial charge on any atom is 0.194 e. The molecule has 1 aromatic heterocycles. The van der Waals surface area contributed by atoms with Crippen molar-refractivity contribution in [3.05, 3.63) is 17.3 Å². The molecule has 100 valence electrons. The molecule has 1 heterocycles. The van der Waals surface area contributed by atoms with Crippen LogP contribution in [0.3, 0.4) is 0 Å². The molecule has 1 aliphatic carbocycles. The van der Waals surface area contributed by atoms with Crippen molar-refractivity contribution < 1.29 is 9.21 Å². The Kier molecular flexibility index (Phi) is 4.49. The summed E-state index contributed by atoms with van der Waals surface area (Å²) >= 11 is 1.96. The van der Waals surface area contributed by atoms with E-state index in [-0.39, 0.29) is 5.78 Å². The Labute approximate surface area is 113 Å². The number of Topliss-reactive ketones (excluding diaryl/α,β-unsaturated/α-hetero) is 1. The molecule has 0 aliphatic heterocycles. The number of oxazole rings is 1. The van der Waals surface area contributed by atoms with Crippen molar-refractivity contribution in [2.45, 2.75) is 51.7 Å². The molecule has 3 nitrogen and oxygen atoms in total. The molecule has 1 aliphatic rings. The zero-order valence-electron chi connectivity index (χ0n) is 11.4. The van der Waals surface area contributed by atoms with E-state index in [1.165, 1.54) is 0 Å². The van der Waals surface area contributed by atoms with Crippen molar-refractivity contribution in [1.29, 1.82) is 0 Å². The lowest BCUT2D eigenvalue weighted by Gasteiger charge is -2.22. The fourth-order valence-electron chi connectivity index (χ4n) is 2.59. The molecular formula is C14H21NO2S. The fraction of sp³-hybridized carbons (Fsp3) is 0.714. The Balaban J connectivity index is 2.05. The zero-order valence-corrected chi connectivity index (χ0v) is 12.2. The van der Waals surface area contributed by atoms with Crippen LogP contribution in [0.2, 0.25) is 0 Å². The van der Waals surface area contributed by atoms with Gasteiger partial charge in [-0.2, -0.15) is 11.8 Å². The van der Waals surface area contributed by atoms with Crippen LogP contribution in [0.15, 0.2) is 4.42 Å². The summed E-state index contributed by atoms with van der Waals surface area (Å²) in [4.78, 5) is 16.3. The van der Waals surface area contributed by atoms with Gasteiger partial charge < -0.3 is 4.42 Å². The Bertz CT molecular complexity index is 427. The summed E-state index contributed by atoms with van der Waals surface area (Å²) in [5.74, 6) is 3.25. The average molecular weight is 267 g/mol. The summed E-state index contributed by atoms with van der Waals surface area (Å²) in [7, 11) is 0. The second kappa shape index (κ2) is 5.91. The van der Waals surface area contributed by atoms with Crippen LogP contribution in [-0.2, 0) is 12.8 Å². The highest BCUT2D eigenvalue weighted by molar-refractivity contribution is 7.99. The van der Waals surface area contributed by atoms with E-state index >= 15 is 0 Å². The normalized spacial score (nSPS) is 20.8. The molecule has 0 saturated carbocycles. The molecule has 0 amide bonds. The molecule has 0 aromatic carbocycles. The van der Waals surface area contributed by atoms with Gasteiger partial charge >= 0.3 is 0 Å². The van der Waals surface area contributed by atoms with E-state index in [1.54, 1.807) is 0 Å². The summed E-state index contributed by atoms with van der Waals surface area (Å²) in [6, 6.07) is 0. The lowest BCUT2D eigenvalue weighted by atomic mass is 9.86. The van der Waals surface area contributed by atoms with E-state index in [1.807, 2.05) is 18.7 Å². The van der Waals surface area contributed by atoms with Crippen molar-refractivity contribution in [1.82, 2.24) is 4.98 Å². The number of ketones is 1. The summed E-state index contributed by atoms with van der Waals surface area (Å²) in [5, 5.41) is 0.614. The van der Waals surface area contributed by atoms with E-state index in [9.17, 15) is 4.79 Å². The number of hydrogen-bond donors (Lipinski definition) is 0. The van der Waals surface area contributed by atoms with Gasteiger partial charge in [0.15, 0.2) is 11.7 Å². The Hall–Kier alpha value is -0.770. The van der Waals surface area contributed by atoms with E-state index in [2.05, 4.69) is 18.8 Å². The number of rotatable bonds is 5. The van der Waals surface area contributed by atoms with Gasteiger partial charge in [0, 0.05) is 24.5 Å². The third-order valence-electron chi connectivity index (χ3n) is 3.37. The second-order valence-corrected chi connectivity index (χ2v) is 6.65. The summed E-state index contributed by atoms with van der Waals surface area (Å²) in [6.07, 6.45) is 3.36. The van der Waals surface area contributed by atoms with Crippen LogP contribution >= 0.6 is 11.8 Å². The first-order valence-electron chi connectivity index (χ1n) is 6.77. The quantitative estimate of drug-likeness (QED) is 0.818. The lowest BCUT2D eigenvalue weighted by Crippen LogP contribution is -2.22. The molecule has 0 N–H and O–H groups in total. The van der Waals surface area contributed by atoms with E-state index in [0.717, 1.165) is 30.8 Å². The largest absolute Gasteiger partial charge is 0.445 e. The van der Waals surface area contributed by atoms with Crippen LogP contribution in [0.4, 0.5) is 0 Å². The summed E-state index contributed by atoms with van der Waals surface area (Å²) in [6.45, 7) is 6.42. The first-order valence-corrected chi connectivity index (χ1v) is 7.82. The number of carbonyl (C=O) groups is 1. The number of thioether (sulfide) groups is 1. The van der Waals surface area contributed by atoms with Crippen molar-refractivity contribution in [2.75, 3.05) is 5.75 Å². The molecule has 4 heteroatoms. The maximum absolute atomic E-state index is 12.0. The molecule has 0 spiro atoms. The van der Waals surface area contributed by atoms with E-state index < -0.39 is 0 Å². The lowest BCUT2D eigenvalue weighted by molar-refractivity contribution is 0.0937. The minimum atomic E-state index is 0.165. The molecule has 2 atom stereocenters. The highest BCUT2D eigenvalue weighted by atomic mass is 32.2. The third-order valence-corrected chi connectivity index (χ3v) is 4.47.